The number of benzene rings is 1. The molecular formula is C19H28N2O3. The maximum absolute atomic E-state index is 12.3. The fourth-order valence-corrected chi connectivity index (χ4v) is 3.69. The number of carbonyl (C=O) groups excluding carboxylic acids is 1. The van der Waals surface area contributed by atoms with E-state index in [-0.39, 0.29) is 24.5 Å². The van der Waals surface area contributed by atoms with E-state index in [1.807, 2.05) is 12.1 Å². The van der Waals surface area contributed by atoms with Gasteiger partial charge in [0.25, 0.3) is 0 Å². The quantitative estimate of drug-likeness (QED) is 0.832. The number of aliphatic hydroxyl groups excluding tert-OH is 1. The zero-order chi connectivity index (χ0) is 16.8. The number of hydrogen-bond acceptors (Lipinski definition) is 4. The molecular weight excluding hydrogens is 304 g/mol. The molecule has 2 atom stereocenters. The number of aliphatic hydroxyl groups is 1. The summed E-state index contributed by atoms with van der Waals surface area (Å²) in [5, 5.41) is 12.6. The van der Waals surface area contributed by atoms with Crippen molar-refractivity contribution in [1.82, 2.24) is 10.2 Å². The molecule has 0 unspecified atom stereocenters. The SMILES string of the molecule is O=C(NCc1ccccc1CN1CCC[C@H]1CO)[C@@H]1CCCOC1. The lowest BCUT2D eigenvalue weighted by Gasteiger charge is -2.24. The maximum atomic E-state index is 12.3. The number of rotatable bonds is 6. The molecule has 0 radical (unpaired) electrons. The molecule has 1 aromatic rings. The highest BCUT2D eigenvalue weighted by atomic mass is 16.5. The van der Waals surface area contributed by atoms with E-state index in [1.165, 1.54) is 5.56 Å². The van der Waals surface area contributed by atoms with E-state index in [9.17, 15) is 9.90 Å². The van der Waals surface area contributed by atoms with Crippen molar-refractivity contribution < 1.29 is 14.6 Å². The first-order valence-electron chi connectivity index (χ1n) is 9.05. The van der Waals surface area contributed by atoms with Crippen molar-refractivity contribution >= 4 is 5.91 Å². The van der Waals surface area contributed by atoms with Crippen molar-refractivity contribution in [2.75, 3.05) is 26.4 Å². The Hall–Kier alpha value is -1.43. The van der Waals surface area contributed by atoms with Gasteiger partial charge >= 0.3 is 0 Å². The molecule has 2 heterocycles. The van der Waals surface area contributed by atoms with Gasteiger partial charge in [-0.3, -0.25) is 9.69 Å². The summed E-state index contributed by atoms with van der Waals surface area (Å²) in [5.41, 5.74) is 2.39. The summed E-state index contributed by atoms with van der Waals surface area (Å²) >= 11 is 0. The summed E-state index contributed by atoms with van der Waals surface area (Å²) in [6, 6.07) is 8.53. The topological polar surface area (TPSA) is 61.8 Å². The Morgan fingerprint density at radius 3 is 2.83 bits per heavy atom. The molecule has 3 rings (SSSR count). The van der Waals surface area contributed by atoms with Crippen LogP contribution in [0.3, 0.4) is 0 Å². The van der Waals surface area contributed by atoms with Crippen molar-refractivity contribution in [3.63, 3.8) is 0 Å². The molecule has 1 amide bonds. The molecule has 24 heavy (non-hydrogen) atoms. The molecule has 5 nitrogen and oxygen atoms in total. The molecule has 2 N–H and O–H groups in total. The first-order chi connectivity index (χ1) is 11.8. The second kappa shape index (κ2) is 8.60. The van der Waals surface area contributed by atoms with Gasteiger partial charge in [0.2, 0.25) is 5.91 Å². The van der Waals surface area contributed by atoms with E-state index in [2.05, 4.69) is 22.3 Å². The van der Waals surface area contributed by atoms with Crippen LogP contribution in [-0.2, 0) is 22.6 Å². The monoisotopic (exact) mass is 332 g/mol. The molecule has 2 aliphatic heterocycles. The van der Waals surface area contributed by atoms with Crippen LogP contribution in [0.25, 0.3) is 0 Å². The smallest absolute Gasteiger partial charge is 0.225 e. The number of likely N-dealkylation sites (tertiary alicyclic amines) is 1. The molecule has 2 aliphatic rings. The standard InChI is InChI=1S/C19H28N2O3/c22-13-18-8-3-9-21(18)12-16-6-2-1-5-15(16)11-20-19(23)17-7-4-10-24-14-17/h1-2,5-6,17-18,22H,3-4,7-14H2,(H,20,23)/t17-,18+/m1/s1. The van der Waals surface area contributed by atoms with Gasteiger partial charge in [-0.1, -0.05) is 24.3 Å². The number of amides is 1. The van der Waals surface area contributed by atoms with Crippen molar-refractivity contribution in [3.8, 4) is 0 Å². The van der Waals surface area contributed by atoms with Crippen LogP contribution in [0, 0.1) is 5.92 Å². The predicted molar refractivity (Wildman–Crippen MR) is 92.3 cm³/mol. The van der Waals surface area contributed by atoms with Gasteiger partial charge in [-0.2, -0.15) is 0 Å². The molecule has 2 saturated heterocycles. The Kier molecular flexibility index (Phi) is 6.24. The lowest BCUT2D eigenvalue weighted by molar-refractivity contribution is -0.129. The van der Waals surface area contributed by atoms with Crippen LogP contribution in [0.15, 0.2) is 24.3 Å². The van der Waals surface area contributed by atoms with Crippen molar-refractivity contribution in [3.05, 3.63) is 35.4 Å². The third-order valence-electron chi connectivity index (χ3n) is 5.19. The van der Waals surface area contributed by atoms with E-state index in [0.717, 1.165) is 50.9 Å². The third-order valence-corrected chi connectivity index (χ3v) is 5.19. The third kappa shape index (κ3) is 4.35. The number of hydrogen-bond donors (Lipinski definition) is 2. The molecule has 0 saturated carbocycles. The highest BCUT2D eigenvalue weighted by molar-refractivity contribution is 5.78. The van der Waals surface area contributed by atoms with E-state index < -0.39 is 0 Å². The Bertz CT molecular complexity index is 543. The predicted octanol–water partition coefficient (Wildman–Crippen LogP) is 1.69. The summed E-state index contributed by atoms with van der Waals surface area (Å²) in [7, 11) is 0. The molecule has 5 heteroatoms. The van der Waals surface area contributed by atoms with E-state index in [0.29, 0.717) is 13.2 Å². The van der Waals surface area contributed by atoms with Crippen molar-refractivity contribution in [1.29, 1.82) is 0 Å². The first-order valence-corrected chi connectivity index (χ1v) is 9.05. The van der Waals surface area contributed by atoms with Crippen LogP contribution in [0.5, 0.6) is 0 Å². The van der Waals surface area contributed by atoms with E-state index in [4.69, 9.17) is 4.74 Å². The lowest BCUT2D eigenvalue weighted by Crippen LogP contribution is -2.36. The van der Waals surface area contributed by atoms with Gasteiger partial charge in [-0.05, 0) is 43.4 Å². The minimum atomic E-state index is -0.0109. The first kappa shape index (κ1) is 17.4. The Morgan fingerprint density at radius 2 is 2.08 bits per heavy atom. The molecule has 1 aromatic carbocycles. The summed E-state index contributed by atoms with van der Waals surface area (Å²) in [5.74, 6) is 0.0853. The second-order valence-corrected chi connectivity index (χ2v) is 6.85. The summed E-state index contributed by atoms with van der Waals surface area (Å²) < 4.78 is 5.40. The van der Waals surface area contributed by atoms with Crippen LogP contribution in [0.2, 0.25) is 0 Å². The van der Waals surface area contributed by atoms with Crippen LogP contribution in [0.4, 0.5) is 0 Å². The number of carbonyl (C=O) groups is 1. The van der Waals surface area contributed by atoms with Gasteiger partial charge in [-0.15, -0.1) is 0 Å². The second-order valence-electron chi connectivity index (χ2n) is 6.85. The zero-order valence-corrected chi connectivity index (χ0v) is 14.2. The highest BCUT2D eigenvalue weighted by Crippen LogP contribution is 2.21. The van der Waals surface area contributed by atoms with Crippen LogP contribution in [-0.4, -0.2) is 48.3 Å². The fraction of sp³-hybridized carbons (Fsp3) is 0.632. The minimum absolute atomic E-state index is 0.0109. The molecule has 0 spiro atoms. The molecule has 132 valence electrons. The zero-order valence-electron chi connectivity index (χ0n) is 14.2. The number of nitrogens with zero attached hydrogens (tertiary/aromatic N) is 1. The van der Waals surface area contributed by atoms with Crippen molar-refractivity contribution in [2.24, 2.45) is 5.92 Å². The maximum Gasteiger partial charge on any atom is 0.225 e. The van der Waals surface area contributed by atoms with Gasteiger partial charge in [0.05, 0.1) is 19.1 Å². The van der Waals surface area contributed by atoms with E-state index in [1.54, 1.807) is 0 Å². The van der Waals surface area contributed by atoms with Crippen LogP contribution in [0.1, 0.15) is 36.8 Å². The summed E-state index contributed by atoms with van der Waals surface area (Å²) in [6.07, 6.45) is 4.09. The van der Waals surface area contributed by atoms with Gasteiger partial charge in [0, 0.05) is 25.7 Å². The largest absolute Gasteiger partial charge is 0.395 e. The summed E-state index contributed by atoms with van der Waals surface area (Å²) in [6.45, 7) is 3.97. The summed E-state index contributed by atoms with van der Waals surface area (Å²) in [4.78, 5) is 14.6. The molecule has 0 bridgehead atoms. The normalized spacial score (nSPS) is 24.9. The average Bonchev–Trinajstić information content (AvgIpc) is 3.08. The number of ether oxygens (including phenoxy) is 1. The lowest BCUT2D eigenvalue weighted by atomic mass is 10.0. The Labute approximate surface area is 144 Å². The highest BCUT2D eigenvalue weighted by Gasteiger charge is 2.25. The Morgan fingerprint density at radius 1 is 1.25 bits per heavy atom. The van der Waals surface area contributed by atoms with Crippen LogP contribution >= 0.6 is 0 Å². The van der Waals surface area contributed by atoms with Crippen molar-refractivity contribution in [2.45, 2.75) is 44.8 Å². The van der Waals surface area contributed by atoms with Crippen LogP contribution < -0.4 is 5.32 Å². The van der Waals surface area contributed by atoms with Gasteiger partial charge in [0.1, 0.15) is 0 Å². The minimum Gasteiger partial charge on any atom is -0.395 e. The van der Waals surface area contributed by atoms with Gasteiger partial charge in [-0.25, -0.2) is 0 Å². The Balaban J connectivity index is 1.58. The van der Waals surface area contributed by atoms with Gasteiger partial charge in [0.15, 0.2) is 0 Å². The fourth-order valence-electron chi connectivity index (χ4n) is 3.69. The number of nitrogens with one attached hydrogen (secondary N) is 1. The molecule has 2 fully saturated rings. The average molecular weight is 332 g/mol. The molecule has 0 aliphatic carbocycles. The van der Waals surface area contributed by atoms with Gasteiger partial charge < -0.3 is 15.2 Å². The van der Waals surface area contributed by atoms with E-state index >= 15 is 0 Å². The molecule has 0 aromatic heterocycles.